The highest BCUT2D eigenvalue weighted by Gasteiger charge is 2.40. The first-order valence-electron chi connectivity index (χ1n) is 14.0. The van der Waals surface area contributed by atoms with Crippen LogP contribution in [0, 0.1) is 11.8 Å². The summed E-state index contributed by atoms with van der Waals surface area (Å²) in [5.41, 5.74) is -0.201. The third-order valence-corrected chi connectivity index (χ3v) is 7.29. The highest BCUT2D eigenvalue weighted by molar-refractivity contribution is 5.72. The molecule has 0 radical (unpaired) electrons. The van der Waals surface area contributed by atoms with Crippen molar-refractivity contribution in [1.82, 2.24) is 5.39 Å². The van der Waals surface area contributed by atoms with E-state index in [1.165, 1.54) is 12.1 Å². The number of unbranched alkanes of at least 4 members (excludes halogenated alkanes) is 1. The van der Waals surface area contributed by atoms with Crippen molar-refractivity contribution in [2.45, 2.75) is 76.0 Å². The number of allylic oxidation sites excluding steroid dienone is 2. The number of aliphatic hydroxyl groups excluding tert-OH is 3. The summed E-state index contributed by atoms with van der Waals surface area (Å²) in [7, 11) is 0. The molecule has 0 unspecified atom stereocenters. The fourth-order valence-electron chi connectivity index (χ4n) is 5.03. The molecule has 10 nitrogen and oxygen atoms in total. The molecule has 0 aliphatic heterocycles. The Labute approximate surface area is 247 Å². The zero-order valence-corrected chi connectivity index (χ0v) is 23.5. The van der Waals surface area contributed by atoms with E-state index in [0.29, 0.717) is 37.0 Å². The van der Waals surface area contributed by atoms with E-state index in [9.17, 15) is 33.3 Å². The molecule has 2 aromatic carbocycles. The number of benzene rings is 2. The summed E-state index contributed by atoms with van der Waals surface area (Å²) < 4.78 is 49.3. The van der Waals surface area contributed by atoms with Crippen LogP contribution in [0.25, 0.3) is 0 Å². The number of hydrogen-bond donors (Lipinski definition) is 5. The lowest BCUT2D eigenvalue weighted by Gasteiger charge is -2.23. The summed E-state index contributed by atoms with van der Waals surface area (Å²) in [5.74, 6) is -0.538. The fraction of sp³-hybridized carbons (Fsp3) is 0.500. The Hall–Kier alpha value is -3.04. The van der Waals surface area contributed by atoms with Gasteiger partial charge in [0.05, 0.1) is 35.9 Å². The lowest BCUT2D eigenvalue weighted by Crippen LogP contribution is -2.25. The monoisotopic (exact) mass is 613 g/mol. The first-order valence-corrected chi connectivity index (χ1v) is 14.0. The van der Waals surface area contributed by atoms with Crippen LogP contribution in [0.5, 0.6) is 11.5 Å². The van der Waals surface area contributed by atoms with E-state index < -0.39 is 36.0 Å². The van der Waals surface area contributed by atoms with Gasteiger partial charge >= 0.3 is 12.1 Å². The molecule has 238 valence electrons. The van der Waals surface area contributed by atoms with Gasteiger partial charge in [-0.2, -0.15) is 13.2 Å². The van der Waals surface area contributed by atoms with Crippen molar-refractivity contribution in [3.63, 3.8) is 0 Å². The van der Waals surface area contributed by atoms with Crippen molar-refractivity contribution in [3.8, 4) is 11.5 Å². The molecule has 13 heteroatoms. The number of rotatable bonds is 16. The maximum absolute atomic E-state index is 12.9. The Morgan fingerprint density at radius 3 is 2.44 bits per heavy atom. The van der Waals surface area contributed by atoms with Crippen molar-refractivity contribution >= 4 is 5.97 Å². The molecule has 1 aliphatic carbocycles. The molecule has 0 aromatic heterocycles. The van der Waals surface area contributed by atoms with E-state index in [4.69, 9.17) is 19.9 Å². The van der Waals surface area contributed by atoms with Crippen LogP contribution in [0.15, 0.2) is 60.7 Å². The summed E-state index contributed by atoms with van der Waals surface area (Å²) in [4.78, 5) is 16.6. The number of carbonyl (C=O) groups excluding carboxylic acids is 1. The van der Waals surface area contributed by atoms with E-state index in [1.807, 2.05) is 12.2 Å². The number of hydrogen-bond acceptors (Lipinski definition) is 10. The van der Waals surface area contributed by atoms with Crippen LogP contribution in [0.2, 0.25) is 0 Å². The van der Waals surface area contributed by atoms with E-state index in [0.717, 1.165) is 12.1 Å². The van der Waals surface area contributed by atoms with Crippen molar-refractivity contribution in [1.29, 1.82) is 0 Å². The van der Waals surface area contributed by atoms with Crippen molar-refractivity contribution < 1.29 is 58.0 Å². The van der Waals surface area contributed by atoms with Gasteiger partial charge < -0.3 is 24.8 Å². The van der Waals surface area contributed by atoms with Gasteiger partial charge in [-0.1, -0.05) is 30.4 Å². The fourth-order valence-corrected chi connectivity index (χ4v) is 5.03. The van der Waals surface area contributed by atoms with Crippen LogP contribution in [0.1, 0.15) is 56.1 Å². The highest BCUT2D eigenvalue weighted by atomic mass is 19.4. The molecule has 0 spiro atoms. The number of alkyl halides is 3. The van der Waals surface area contributed by atoms with Gasteiger partial charge in [0.15, 0.2) is 0 Å². The minimum Gasteiger partial charge on any atom is -0.491 e. The lowest BCUT2D eigenvalue weighted by atomic mass is 9.86. The molecule has 2 aromatic rings. The summed E-state index contributed by atoms with van der Waals surface area (Å²) in [6, 6.07) is 10.8. The molecule has 5 N–H and O–H groups in total. The third-order valence-electron chi connectivity index (χ3n) is 7.29. The standard InChI is InChI=1S/C30H38F3NO9/c31-30(32,33)21-6-5-7-24(16-21)41-19-22(35)12-15-26-25(27(36)17-28(26)37)8-3-1-2-4-9-29(38)43-23-13-10-20(11-14-23)18-42-34(39)40/h1,3,5-7,10-11,13-14,16,22,25-28,35-37,39-40H,2,4,8-9,12,15,17-19H2/b3-1-/t22-,25-,26-,27+,28-/m1/s1. The van der Waals surface area contributed by atoms with Crippen molar-refractivity contribution in [2.75, 3.05) is 6.61 Å². The number of halogens is 3. The second-order valence-electron chi connectivity index (χ2n) is 10.5. The Morgan fingerprint density at radius 2 is 1.74 bits per heavy atom. The average molecular weight is 614 g/mol. The molecule has 0 amide bonds. The van der Waals surface area contributed by atoms with Gasteiger partial charge in [0, 0.05) is 6.42 Å². The predicted molar refractivity (Wildman–Crippen MR) is 146 cm³/mol. The normalized spacial score (nSPS) is 21.4. The van der Waals surface area contributed by atoms with E-state index in [2.05, 4.69) is 4.84 Å². The van der Waals surface area contributed by atoms with Crippen LogP contribution >= 0.6 is 0 Å². The summed E-state index contributed by atoms with van der Waals surface area (Å²) in [5, 5.41) is 48.0. The SMILES string of the molecule is O=C(CCC/C=C\C[C@@H]1[C@@H](CC[C@@H](O)COc2cccc(C(F)(F)F)c2)[C@H](O)C[C@@H]1O)Oc1ccc(CON(O)O)cc1. The molecule has 0 bridgehead atoms. The minimum absolute atomic E-state index is 0.00169. The number of carbonyl (C=O) groups is 1. The van der Waals surface area contributed by atoms with Gasteiger partial charge in [-0.25, -0.2) is 4.84 Å². The van der Waals surface area contributed by atoms with Crippen LogP contribution in [0.3, 0.4) is 0 Å². The molecule has 3 rings (SSSR count). The van der Waals surface area contributed by atoms with Crippen LogP contribution < -0.4 is 9.47 Å². The first kappa shape index (κ1) is 34.5. The molecule has 0 heterocycles. The van der Waals surface area contributed by atoms with E-state index >= 15 is 0 Å². The number of nitrogens with zero attached hydrogens (tertiary/aromatic N) is 1. The molecule has 0 saturated heterocycles. The average Bonchev–Trinajstić information content (AvgIpc) is 3.23. The van der Waals surface area contributed by atoms with Crippen LogP contribution in [-0.4, -0.2) is 62.0 Å². The molecular formula is C30H38F3NO9. The van der Waals surface area contributed by atoms with E-state index in [-0.39, 0.29) is 55.5 Å². The molecule has 5 atom stereocenters. The van der Waals surface area contributed by atoms with Gasteiger partial charge in [0.2, 0.25) is 0 Å². The van der Waals surface area contributed by atoms with Crippen molar-refractivity contribution in [3.05, 3.63) is 71.8 Å². The topological polar surface area (TPSA) is 149 Å². The Morgan fingerprint density at radius 1 is 1.02 bits per heavy atom. The van der Waals surface area contributed by atoms with E-state index in [1.54, 1.807) is 24.3 Å². The summed E-state index contributed by atoms with van der Waals surface area (Å²) >= 11 is 0. The van der Waals surface area contributed by atoms with Gasteiger partial charge in [-0.3, -0.25) is 15.2 Å². The minimum atomic E-state index is -4.49. The summed E-state index contributed by atoms with van der Waals surface area (Å²) in [6.45, 7) is -0.275. The molecule has 43 heavy (non-hydrogen) atoms. The molecule has 1 saturated carbocycles. The van der Waals surface area contributed by atoms with Crippen molar-refractivity contribution in [2.24, 2.45) is 11.8 Å². The van der Waals surface area contributed by atoms with Gasteiger partial charge in [0.1, 0.15) is 18.1 Å². The third kappa shape index (κ3) is 11.9. The second kappa shape index (κ2) is 16.7. The smallest absolute Gasteiger partial charge is 0.416 e. The molecular weight excluding hydrogens is 575 g/mol. The Bertz CT molecular complexity index is 1160. The van der Waals surface area contributed by atoms with Gasteiger partial charge in [-0.15, -0.1) is 0 Å². The Kier molecular flexibility index (Phi) is 13.4. The molecule has 1 aliphatic rings. The lowest BCUT2D eigenvalue weighted by molar-refractivity contribution is -0.497. The first-order chi connectivity index (χ1) is 20.4. The number of esters is 1. The maximum atomic E-state index is 12.9. The molecule has 1 fully saturated rings. The predicted octanol–water partition coefficient (Wildman–Crippen LogP) is 4.82. The maximum Gasteiger partial charge on any atom is 0.416 e. The zero-order valence-electron chi connectivity index (χ0n) is 23.5. The quantitative estimate of drug-likeness (QED) is 0.0587. The highest BCUT2D eigenvalue weighted by Crippen LogP contribution is 2.38. The van der Waals surface area contributed by atoms with Gasteiger partial charge in [0.25, 0.3) is 0 Å². The second-order valence-corrected chi connectivity index (χ2v) is 10.5. The number of aliphatic hydroxyl groups is 3. The van der Waals surface area contributed by atoms with Crippen LogP contribution in [0.4, 0.5) is 13.2 Å². The van der Waals surface area contributed by atoms with Crippen LogP contribution in [-0.2, 0) is 22.4 Å². The Balaban J connectivity index is 1.35. The zero-order chi connectivity index (χ0) is 31.4. The number of ether oxygens (including phenoxy) is 2. The summed E-state index contributed by atoms with van der Waals surface area (Å²) in [6.07, 6.45) is -0.375. The largest absolute Gasteiger partial charge is 0.491 e. The van der Waals surface area contributed by atoms with Gasteiger partial charge in [-0.05, 0) is 86.3 Å².